The number of benzene rings is 1. The summed E-state index contributed by atoms with van der Waals surface area (Å²) in [6, 6.07) is 7.90. The molecule has 31 heavy (non-hydrogen) atoms. The van der Waals surface area contributed by atoms with Gasteiger partial charge >= 0.3 is 12.1 Å². The van der Waals surface area contributed by atoms with Crippen molar-refractivity contribution in [1.29, 1.82) is 0 Å². The van der Waals surface area contributed by atoms with Gasteiger partial charge in [0.25, 0.3) is 0 Å². The van der Waals surface area contributed by atoms with Crippen LogP contribution in [0.5, 0.6) is 5.75 Å². The van der Waals surface area contributed by atoms with Gasteiger partial charge in [0.15, 0.2) is 0 Å². The Morgan fingerprint density at radius 1 is 1.16 bits per heavy atom. The Balaban J connectivity index is 1.33. The number of nitrogens with one attached hydrogen (secondary N) is 2. The number of rotatable bonds is 5. The normalized spacial score (nSPS) is 22.6. The number of nitrogens with zero attached hydrogens (tertiary/aromatic N) is 2. The van der Waals surface area contributed by atoms with Crippen molar-refractivity contribution in [2.45, 2.75) is 63.1 Å². The SMILES string of the molecule is CCNC(=O)N(C1CC1)[C@H]1CCOC2(CCN(C(=O)Nc3ccc(OC)cc3)CC2)C1. The van der Waals surface area contributed by atoms with Crippen molar-refractivity contribution in [2.75, 3.05) is 38.7 Å². The predicted molar refractivity (Wildman–Crippen MR) is 118 cm³/mol. The van der Waals surface area contributed by atoms with Gasteiger partial charge in [0, 0.05) is 44.0 Å². The van der Waals surface area contributed by atoms with Gasteiger partial charge in [-0.1, -0.05) is 0 Å². The molecule has 4 rings (SSSR count). The average Bonchev–Trinajstić information content (AvgIpc) is 3.60. The summed E-state index contributed by atoms with van der Waals surface area (Å²) in [5, 5.41) is 5.95. The zero-order chi connectivity index (χ0) is 21.8. The summed E-state index contributed by atoms with van der Waals surface area (Å²) in [5.41, 5.74) is 0.515. The van der Waals surface area contributed by atoms with Crippen LogP contribution in [0.25, 0.3) is 0 Å². The third kappa shape index (κ3) is 5.06. The molecule has 4 amide bonds. The smallest absolute Gasteiger partial charge is 0.321 e. The zero-order valence-corrected chi connectivity index (χ0v) is 18.6. The molecule has 2 saturated heterocycles. The molecular weight excluding hydrogens is 396 g/mol. The van der Waals surface area contributed by atoms with Gasteiger partial charge < -0.3 is 29.9 Å². The fourth-order valence-electron chi connectivity index (χ4n) is 4.81. The van der Waals surface area contributed by atoms with E-state index in [0.717, 1.165) is 50.0 Å². The molecular formula is C23H34N4O4. The van der Waals surface area contributed by atoms with Crippen molar-refractivity contribution < 1.29 is 19.1 Å². The summed E-state index contributed by atoms with van der Waals surface area (Å²) in [6.07, 6.45) is 5.54. The topological polar surface area (TPSA) is 83.1 Å². The maximum absolute atomic E-state index is 12.7. The third-order valence-electron chi connectivity index (χ3n) is 6.67. The number of ether oxygens (including phenoxy) is 2. The van der Waals surface area contributed by atoms with Crippen LogP contribution in [0.2, 0.25) is 0 Å². The molecule has 8 nitrogen and oxygen atoms in total. The number of urea groups is 2. The minimum atomic E-state index is -0.237. The van der Waals surface area contributed by atoms with Crippen LogP contribution in [0.1, 0.15) is 45.4 Å². The molecule has 8 heteroatoms. The van der Waals surface area contributed by atoms with E-state index in [2.05, 4.69) is 15.5 Å². The molecule has 2 N–H and O–H groups in total. The lowest BCUT2D eigenvalue weighted by Gasteiger charge is -2.48. The number of methoxy groups -OCH3 is 1. The van der Waals surface area contributed by atoms with Crippen LogP contribution in [0.15, 0.2) is 24.3 Å². The van der Waals surface area contributed by atoms with Crippen LogP contribution >= 0.6 is 0 Å². The fourth-order valence-corrected chi connectivity index (χ4v) is 4.81. The molecule has 1 aliphatic carbocycles. The number of amides is 4. The summed E-state index contributed by atoms with van der Waals surface area (Å²) in [6.45, 7) is 4.58. The molecule has 0 bridgehead atoms. The maximum Gasteiger partial charge on any atom is 0.321 e. The lowest BCUT2D eigenvalue weighted by Crippen LogP contribution is -2.57. The van der Waals surface area contributed by atoms with Crippen LogP contribution in [0.4, 0.5) is 15.3 Å². The Labute approximate surface area is 184 Å². The quantitative estimate of drug-likeness (QED) is 0.750. The summed E-state index contributed by atoms with van der Waals surface area (Å²) in [4.78, 5) is 29.3. The number of hydrogen-bond donors (Lipinski definition) is 2. The minimum absolute atomic E-state index is 0.0587. The van der Waals surface area contributed by atoms with Gasteiger partial charge in [0.05, 0.1) is 12.7 Å². The molecule has 3 fully saturated rings. The summed E-state index contributed by atoms with van der Waals surface area (Å²) >= 11 is 0. The lowest BCUT2D eigenvalue weighted by molar-refractivity contribution is -0.125. The molecule has 1 spiro atoms. The van der Waals surface area contributed by atoms with E-state index in [0.29, 0.717) is 32.3 Å². The first kappa shape index (κ1) is 21.7. The van der Waals surface area contributed by atoms with Crippen LogP contribution in [0.3, 0.4) is 0 Å². The van der Waals surface area contributed by atoms with Crippen LogP contribution < -0.4 is 15.4 Å². The monoisotopic (exact) mass is 430 g/mol. The van der Waals surface area contributed by atoms with Gasteiger partial charge in [-0.15, -0.1) is 0 Å². The first-order valence-corrected chi connectivity index (χ1v) is 11.4. The van der Waals surface area contributed by atoms with E-state index < -0.39 is 0 Å². The summed E-state index contributed by atoms with van der Waals surface area (Å²) < 4.78 is 11.4. The van der Waals surface area contributed by atoms with Gasteiger partial charge in [-0.05, 0) is 69.7 Å². The second-order valence-corrected chi connectivity index (χ2v) is 8.80. The molecule has 1 atom stereocenters. The van der Waals surface area contributed by atoms with Gasteiger partial charge in [0.2, 0.25) is 0 Å². The Kier molecular flexibility index (Phi) is 6.55. The molecule has 1 saturated carbocycles. The highest BCUT2D eigenvalue weighted by Crippen LogP contribution is 2.40. The van der Waals surface area contributed by atoms with E-state index in [-0.39, 0.29) is 23.7 Å². The van der Waals surface area contributed by atoms with Crippen LogP contribution in [0, 0.1) is 0 Å². The molecule has 2 aliphatic heterocycles. The van der Waals surface area contributed by atoms with Gasteiger partial charge in [0.1, 0.15) is 5.75 Å². The second kappa shape index (κ2) is 9.34. The van der Waals surface area contributed by atoms with Crippen molar-refractivity contribution in [3.8, 4) is 5.75 Å². The third-order valence-corrected chi connectivity index (χ3v) is 6.67. The highest BCUT2D eigenvalue weighted by Gasteiger charge is 2.46. The van der Waals surface area contributed by atoms with Crippen LogP contribution in [-0.4, -0.2) is 72.9 Å². The Morgan fingerprint density at radius 2 is 1.87 bits per heavy atom. The molecule has 0 radical (unpaired) electrons. The van der Waals surface area contributed by atoms with Crippen LogP contribution in [-0.2, 0) is 4.74 Å². The first-order chi connectivity index (χ1) is 15.0. The molecule has 2 heterocycles. The standard InChI is InChI=1S/C23H34N4O4/c1-3-24-21(28)27(18-6-7-18)19-10-15-31-23(16-19)11-13-26(14-12-23)22(29)25-17-4-8-20(30-2)9-5-17/h4-5,8-9,18-19H,3,6-7,10-16H2,1-2H3,(H,24,28)(H,25,29)/t19-/m0/s1. The summed E-state index contributed by atoms with van der Waals surface area (Å²) in [5.74, 6) is 0.759. The van der Waals surface area contributed by atoms with Crippen molar-refractivity contribution in [3.63, 3.8) is 0 Å². The molecule has 0 unspecified atom stereocenters. The molecule has 0 aromatic heterocycles. The van der Waals surface area contributed by atoms with E-state index in [4.69, 9.17) is 9.47 Å². The number of anilines is 1. The number of likely N-dealkylation sites (tertiary alicyclic amines) is 1. The van der Waals surface area contributed by atoms with Crippen molar-refractivity contribution in [2.24, 2.45) is 0 Å². The second-order valence-electron chi connectivity index (χ2n) is 8.80. The number of carbonyl (C=O) groups excluding carboxylic acids is 2. The van der Waals surface area contributed by atoms with Crippen molar-refractivity contribution >= 4 is 17.7 Å². The van der Waals surface area contributed by atoms with E-state index in [1.807, 2.05) is 36.1 Å². The van der Waals surface area contributed by atoms with E-state index in [1.165, 1.54) is 0 Å². The molecule has 3 aliphatic rings. The van der Waals surface area contributed by atoms with E-state index in [1.54, 1.807) is 7.11 Å². The largest absolute Gasteiger partial charge is 0.497 e. The number of carbonyl (C=O) groups is 2. The molecule has 1 aromatic carbocycles. The first-order valence-electron chi connectivity index (χ1n) is 11.4. The maximum atomic E-state index is 12.7. The predicted octanol–water partition coefficient (Wildman–Crippen LogP) is 3.43. The zero-order valence-electron chi connectivity index (χ0n) is 18.6. The summed E-state index contributed by atoms with van der Waals surface area (Å²) in [7, 11) is 1.62. The molecule has 170 valence electrons. The average molecular weight is 431 g/mol. The Hall–Kier alpha value is -2.48. The molecule has 1 aromatic rings. The lowest BCUT2D eigenvalue weighted by atomic mass is 9.82. The highest BCUT2D eigenvalue weighted by molar-refractivity contribution is 5.89. The van der Waals surface area contributed by atoms with Crippen molar-refractivity contribution in [3.05, 3.63) is 24.3 Å². The van der Waals surface area contributed by atoms with Gasteiger partial charge in [-0.25, -0.2) is 9.59 Å². The highest BCUT2D eigenvalue weighted by atomic mass is 16.5. The van der Waals surface area contributed by atoms with Gasteiger partial charge in [-0.2, -0.15) is 0 Å². The Bertz CT molecular complexity index is 772. The Morgan fingerprint density at radius 3 is 2.48 bits per heavy atom. The number of hydrogen-bond acceptors (Lipinski definition) is 4. The van der Waals surface area contributed by atoms with Gasteiger partial charge in [-0.3, -0.25) is 0 Å². The van der Waals surface area contributed by atoms with E-state index >= 15 is 0 Å². The fraction of sp³-hybridized carbons (Fsp3) is 0.652. The minimum Gasteiger partial charge on any atom is -0.497 e. The number of piperidine rings is 1. The van der Waals surface area contributed by atoms with E-state index in [9.17, 15) is 9.59 Å². The van der Waals surface area contributed by atoms with Crippen molar-refractivity contribution in [1.82, 2.24) is 15.1 Å².